The summed E-state index contributed by atoms with van der Waals surface area (Å²) in [6.45, 7) is 0.273. The molecule has 0 aliphatic heterocycles. The van der Waals surface area contributed by atoms with Gasteiger partial charge in [-0.2, -0.15) is 0 Å². The Hall–Kier alpha value is -1.63. The lowest BCUT2D eigenvalue weighted by molar-refractivity contribution is -0.140. The lowest BCUT2D eigenvalue weighted by Gasteiger charge is -2.01. The van der Waals surface area contributed by atoms with Crippen molar-refractivity contribution in [2.45, 2.75) is 25.3 Å². The molecular formula is C11H15N3O3S. The van der Waals surface area contributed by atoms with Gasteiger partial charge in [0, 0.05) is 12.6 Å². The smallest absolute Gasteiger partial charge is 0.307 e. The van der Waals surface area contributed by atoms with Crippen molar-refractivity contribution in [3.05, 3.63) is 11.1 Å². The maximum Gasteiger partial charge on any atom is 0.307 e. The van der Waals surface area contributed by atoms with Gasteiger partial charge in [0.15, 0.2) is 5.13 Å². The van der Waals surface area contributed by atoms with Gasteiger partial charge in [0.25, 0.3) is 5.91 Å². The van der Waals surface area contributed by atoms with Crippen molar-refractivity contribution in [3.8, 4) is 0 Å². The van der Waals surface area contributed by atoms with E-state index in [-0.39, 0.29) is 24.8 Å². The zero-order valence-corrected chi connectivity index (χ0v) is 10.9. The first kappa shape index (κ1) is 12.8. The first-order valence-corrected chi connectivity index (χ1v) is 6.58. The van der Waals surface area contributed by atoms with Crippen LogP contribution in [0.25, 0.3) is 0 Å². The summed E-state index contributed by atoms with van der Waals surface area (Å²) in [5.74, 6) is -0.545. The lowest BCUT2D eigenvalue weighted by atomic mass is 10.4. The maximum atomic E-state index is 11.7. The predicted molar refractivity (Wildman–Crippen MR) is 67.7 cm³/mol. The van der Waals surface area contributed by atoms with Crippen LogP contribution in [0.1, 0.15) is 28.9 Å². The highest BCUT2D eigenvalue weighted by atomic mass is 32.1. The molecule has 0 aromatic carbocycles. The van der Waals surface area contributed by atoms with E-state index < -0.39 is 0 Å². The molecule has 18 heavy (non-hydrogen) atoms. The maximum absolute atomic E-state index is 11.7. The number of carbonyl (C=O) groups excluding carboxylic acids is 2. The Morgan fingerprint density at radius 2 is 2.33 bits per heavy atom. The van der Waals surface area contributed by atoms with Crippen LogP contribution in [0.3, 0.4) is 0 Å². The highest BCUT2D eigenvalue weighted by molar-refractivity contribution is 7.17. The van der Waals surface area contributed by atoms with Crippen LogP contribution in [-0.2, 0) is 9.53 Å². The number of hydrogen-bond donors (Lipinski definition) is 2. The summed E-state index contributed by atoms with van der Waals surface area (Å²) in [6.07, 6.45) is 4.05. The third kappa shape index (κ3) is 3.69. The van der Waals surface area contributed by atoms with E-state index in [4.69, 9.17) is 0 Å². The molecule has 1 saturated carbocycles. The van der Waals surface area contributed by atoms with Crippen molar-refractivity contribution < 1.29 is 14.3 Å². The molecule has 1 fully saturated rings. The summed E-state index contributed by atoms with van der Waals surface area (Å²) in [5, 5.41) is 6.65. The van der Waals surface area contributed by atoms with Gasteiger partial charge in [-0.3, -0.25) is 9.59 Å². The fraction of sp³-hybridized carbons (Fsp3) is 0.545. The Bertz CT molecular complexity index is 442. The molecular weight excluding hydrogens is 254 g/mol. The standard InChI is InChI=1S/C11H15N3O3S/c1-17-9(15)4-5-12-10(16)8-6-13-11(18-8)14-7-2-3-7/h6-7H,2-5H2,1H3,(H,12,16)(H,13,14). The van der Waals surface area contributed by atoms with Crippen molar-refractivity contribution in [1.82, 2.24) is 10.3 Å². The molecule has 6 nitrogen and oxygen atoms in total. The minimum atomic E-state index is -0.337. The normalized spacial score (nSPS) is 14.1. The summed E-state index contributed by atoms with van der Waals surface area (Å²) in [5.41, 5.74) is 0. The minimum absolute atomic E-state index is 0.175. The van der Waals surface area contributed by atoms with Crippen molar-refractivity contribution in [2.75, 3.05) is 19.0 Å². The minimum Gasteiger partial charge on any atom is -0.469 e. The van der Waals surface area contributed by atoms with Gasteiger partial charge in [-0.1, -0.05) is 11.3 Å². The number of nitrogens with zero attached hydrogens (tertiary/aromatic N) is 1. The zero-order chi connectivity index (χ0) is 13.0. The molecule has 0 radical (unpaired) electrons. The quantitative estimate of drug-likeness (QED) is 0.753. The number of aromatic nitrogens is 1. The first-order chi connectivity index (χ1) is 8.69. The van der Waals surface area contributed by atoms with E-state index in [1.807, 2.05) is 0 Å². The van der Waals surface area contributed by atoms with Crippen molar-refractivity contribution in [2.24, 2.45) is 0 Å². The van der Waals surface area contributed by atoms with E-state index in [9.17, 15) is 9.59 Å². The molecule has 1 aromatic rings. The topological polar surface area (TPSA) is 80.3 Å². The summed E-state index contributed by atoms with van der Waals surface area (Å²) in [4.78, 5) is 27.3. The molecule has 0 spiro atoms. The second-order valence-electron chi connectivity index (χ2n) is 4.03. The summed E-state index contributed by atoms with van der Waals surface area (Å²) >= 11 is 1.32. The van der Waals surface area contributed by atoms with E-state index in [0.29, 0.717) is 10.9 Å². The van der Waals surface area contributed by atoms with Gasteiger partial charge in [-0.15, -0.1) is 0 Å². The Labute approximate surface area is 109 Å². The summed E-state index contributed by atoms with van der Waals surface area (Å²) in [6, 6.07) is 0.520. The van der Waals surface area contributed by atoms with Gasteiger partial charge in [0.1, 0.15) is 4.88 Å². The highest BCUT2D eigenvalue weighted by Gasteiger charge is 2.22. The number of rotatable bonds is 6. The van der Waals surface area contributed by atoms with Crippen molar-refractivity contribution >= 4 is 28.3 Å². The summed E-state index contributed by atoms with van der Waals surface area (Å²) in [7, 11) is 1.32. The number of thiazole rings is 1. The molecule has 1 amide bonds. The lowest BCUT2D eigenvalue weighted by Crippen LogP contribution is -2.25. The van der Waals surface area contributed by atoms with Crippen LogP contribution in [0.5, 0.6) is 0 Å². The Kier molecular flexibility index (Phi) is 4.14. The van der Waals surface area contributed by atoms with Gasteiger partial charge in [0.05, 0.1) is 19.7 Å². The van der Waals surface area contributed by atoms with E-state index in [1.54, 1.807) is 6.20 Å². The average molecular weight is 269 g/mol. The van der Waals surface area contributed by atoms with Gasteiger partial charge < -0.3 is 15.4 Å². The molecule has 1 aliphatic carbocycles. The molecule has 2 rings (SSSR count). The fourth-order valence-electron chi connectivity index (χ4n) is 1.32. The monoisotopic (exact) mass is 269 g/mol. The van der Waals surface area contributed by atoms with Crippen molar-refractivity contribution in [3.63, 3.8) is 0 Å². The average Bonchev–Trinajstić information content (AvgIpc) is 3.04. The second-order valence-corrected chi connectivity index (χ2v) is 5.06. The largest absolute Gasteiger partial charge is 0.469 e. The molecule has 0 unspecified atom stereocenters. The van der Waals surface area contributed by atoms with Crippen molar-refractivity contribution in [1.29, 1.82) is 0 Å². The number of ether oxygens (including phenoxy) is 1. The van der Waals surface area contributed by atoms with Gasteiger partial charge in [-0.25, -0.2) is 4.98 Å². The molecule has 0 saturated heterocycles. The first-order valence-electron chi connectivity index (χ1n) is 5.76. The van der Waals surface area contributed by atoms with Crippen LogP contribution >= 0.6 is 11.3 Å². The predicted octanol–water partition coefficient (Wildman–Crippen LogP) is 1.01. The second kappa shape index (κ2) is 5.81. The molecule has 0 atom stereocenters. The highest BCUT2D eigenvalue weighted by Crippen LogP contribution is 2.27. The molecule has 1 aromatic heterocycles. The van der Waals surface area contributed by atoms with Crippen LogP contribution in [0.4, 0.5) is 5.13 Å². The Morgan fingerprint density at radius 1 is 1.56 bits per heavy atom. The van der Waals surface area contributed by atoms with Crippen LogP contribution < -0.4 is 10.6 Å². The van der Waals surface area contributed by atoms with Crippen LogP contribution in [0, 0.1) is 0 Å². The molecule has 2 N–H and O–H groups in total. The Morgan fingerprint density at radius 3 is 3.00 bits per heavy atom. The number of carbonyl (C=O) groups is 2. The number of methoxy groups -OCH3 is 1. The third-order valence-electron chi connectivity index (χ3n) is 2.48. The van der Waals surface area contributed by atoms with Crippen LogP contribution in [-0.4, -0.2) is 36.6 Å². The van der Waals surface area contributed by atoms with E-state index in [2.05, 4.69) is 20.4 Å². The van der Waals surface area contributed by atoms with Gasteiger partial charge in [0.2, 0.25) is 0 Å². The molecule has 7 heteroatoms. The number of amides is 1. The number of hydrogen-bond acceptors (Lipinski definition) is 6. The van der Waals surface area contributed by atoms with E-state index >= 15 is 0 Å². The zero-order valence-electron chi connectivity index (χ0n) is 10.1. The van der Waals surface area contributed by atoms with Gasteiger partial charge >= 0.3 is 5.97 Å². The van der Waals surface area contributed by atoms with Crippen LogP contribution in [0.2, 0.25) is 0 Å². The number of anilines is 1. The molecule has 98 valence electrons. The molecule has 1 heterocycles. The third-order valence-corrected chi connectivity index (χ3v) is 3.40. The fourth-order valence-corrected chi connectivity index (χ4v) is 2.12. The Balaban J connectivity index is 1.77. The van der Waals surface area contributed by atoms with E-state index in [1.165, 1.54) is 31.3 Å². The number of nitrogens with one attached hydrogen (secondary N) is 2. The molecule has 1 aliphatic rings. The van der Waals surface area contributed by atoms with E-state index in [0.717, 1.165) is 5.13 Å². The van der Waals surface area contributed by atoms with Gasteiger partial charge in [-0.05, 0) is 12.8 Å². The number of esters is 1. The molecule has 0 bridgehead atoms. The SMILES string of the molecule is COC(=O)CCNC(=O)c1cnc(NC2CC2)s1. The van der Waals surface area contributed by atoms with Crippen LogP contribution in [0.15, 0.2) is 6.20 Å². The summed E-state index contributed by atoms with van der Waals surface area (Å²) < 4.78 is 4.48.